The summed E-state index contributed by atoms with van der Waals surface area (Å²) >= 11 is 0. The Morgan fingerprint density at radius 1 is 0.853 bits per heavy atom. The molecular weight excluding hydrogens is 441 g/mol. The largest absolute Gasteiger partial charge is 0.426 e. The van der Waals surface area contributed by atoms with Crippen LogP contribution in [0.5, 0.6) is 0 Å². The van der Waals surface area contributed by atoms with Crippen molar-refractivity contribution >= 4 is 6.21 Å². The number of aliphatic hydroxyl groups is 1. The van der Waals surface area contributed by atoms with Gasteiger partial charge in [0.25, 0.3) is 0 Å². The predicted molar refractivity (Wildman–Crippen MR) is 125 cm³/mol. The highest BCUT2D eigenvalue weighted by Crippen LogP contribution is 2.44. The van der Waals surface area contributed by atoms with E-state index in [1.165, 1.54) is 24.3 Å². The molecule has 1 saturated heterocycles. The standard InChI is InChI=1S/C27H27F3N2O2/c1-34-26(22-14-7-3-8-15-22,23-16-9-4-10-17-23)24-18-11-19-32(24)31-20-25(33,27(28,29)30)21-12-5-2-6-13-21/h2-10,12-17,20,24,33H,11,18-19H2,1H3/b31-20+/t24-,25+/m0/s1. The lowest BCUT2D eigenvalue weighted by Gasteiger charge is -2.42. The molecule has 0 radical (unpaired) electrons. The summed E-state index contributed by atoms with van der Waals surface area (Å²) < 4.78 is 48.2. The second kappa shape index (κ2) is 9.60. The fourth-order valence-corrected chi connectivity index (χ4v) is 4.76. The molecule has 0 aliphatic carbocycles. The second-order valence-corrected chi connectivity index (χ2v) is 8.37. The zero-order valence-electron chi connectivity index (χ0n) is 18.8. The minimum Gasteiger partial charge on any atom is -0.371 e. The van der Waals surface area contributed by atoms with Crippen molar-refractivity contribution in [2.45, 2.75) is 36.3 Å². The van der Waals surface area contributed by atoms with E-state index < -0.39 is 17.4 Å². The number of hydrazone groups is 1. The number of hydrogen-bond acceptors (Lipinski definition) is 4. The van der Waals surface area contributed by atoms with E-state index in [-0.39, 0.29) is 11.6 Å². The number of rotatable bonds is 7. The van der Waals surface area contributed by atoms with Gasteiger partial charge in [-0.1, -0.05) is 91.0 Å². The summed E-state index contributed by atoms with van der Waals surface area (Å²) in [6.45, 7) is 0.439. The Kier molecular flexibility index (Phi) is 6.77. The second-order valence-electron chi connectivity index (χ2n) is 8.37. The lowest BCUT2D eigenvalue weighted by molar-refractivity contribution is -0.234. The lowest BCUT2D eigenvalue weighted by Crippen LogP contribution is -2.49. The number of methoxy groups -OCH3 is 1. The molecule has 7 heteroatoms. The molecule has 1 heterocycles. The molecule has 0 spiro atoms. The molecule has 3 aromatic carbocycles. The van der Waals surface area contributed by atoms with Gasteiger partial charge in [-0.05, 0) is 29.5 Å². The molecule has 4 rings (SSSR count). The van der Waals surface area contributed by atoms with Crippen LogP contribution in [0.25, 0.3) is 0 Å². The van der Waals surface area contributed by atoms with Gasteiger partial charge in [0.2, 0.25) is 5.60 Å². The van der Waals surface area contributed by atoms with Gasteiger partial charge in [-0.3, -0.25) is 5.01 Å². The van der Waals surface area contributed by atoms with Crippen molar-refractivity contribution in [3.63, 3.8) is 0 Å². The molecule has 1 aliphatic heterocycles. The van der Waals surface area contributed by atoms with Crippen molar-refractivity contribution in [1.82, 2.24) is 5.01 Å². The van der Waals surface area contributed by atoms with Gasteiger partial charge >= 0.3 is 6.18 Å². The van der Waals surface area contributed by atoms with Crippen LogP contribution in [0.15, 0.2) is 96.1 Å². The molecule has 4 nitrogen and oxygen atoms in total. The maximum atomic E-state index is 14.0. The molecule has 1 aliphatic rings. The minimum atomic E-state index is -4.94. The van der Waals surface area contributed by atoms with Gasteiger partial charge in [0.1, 0.15) is 5.60 Å². The van der Waals surface area contributed by atoms with E-state index in [1.54, 1.807) is 18.2 Å². The fraction of sp³-hybridized carbons (Fsp3) is 0.296. The average molecular weight is 469 g/mol. The van der Waals surface area contributed by atoms with Crippen molar-refractivity contribution in [3.05, 3.63) is 108 Å². The Hall–Kier alpha value is -3.16. The first-order chi connectivity index (χ1) is 16.3. The molecule has 0 aromatic heterocycles. The van der Waals surface area contributed by atoms with Gasteiger partial charge < -0.3 is 9.84 Å². The highest BCUT2D eigenvalue weighted by Gasteiger charge is 2.55. The predicted octanol–water partition coefficient (Wildman–Crippen LogP) is 5.48. The normalized spacial score (nSPS) is 18.9. The highest BCUT2D eigenvalue weighted by molar-refractivity contribution is 5.72. The summed E-state index contributed by atoms with van der Waals surface area (Å²) in [5, 5.41) is 16.6. The molecule has 1 N–H and O–H groups in total. The summed E-state index contributed by atoms with van der Waals surface area (Å²) in [5.41, 5.74) is -2.70. The van der Waals surface area contributed by atoms with E-state index in [1.807, 2.05) is 60.7 Å². The van der Waals surface area contributed by atoms with E-state index in [0.29, 0.717) is 19.2 Å². The lowest BCUT2D eigenvalue weighted by atomic mass is 9.79. The summed E-state index contributed by atoms with van der Waals surface area (Å²) in [6, 6.07) is 25.9. The number of nitrogens with zero attached hydrogens (tertiary/aromatic N) is 2. The molecule has 2 atom stereocenters. The molecule has 34 heavy (non-hydrogen) atoms. The third-order valence-electron chi connectivity index (χ3n) is 6.46. The van der Waals surface area contributed by atoms with Gasteiger partial charge in [0, 0.05) is 13.7 Å². The van der Waals surface area contributed by atoms with Crippen LogP contribution in [0.3, 0.4) is 0 Å². The summed E-state index contributed by atoms with van der Waals surface area (Å²) in [6.07, 6.45) is -2.95. The maximum absolute atomic E-state index is 14.0. The summed E-state index contributed by atoms with van der Waals surface area (Å²) in [4.78, 5) is 0. The van der Waals surface area contributed by atoms with Gasteiger partial charge in [-0.2, -0.15) is 18.3 Å². The summed E-state index contributed by atoms with van der Waals surface area (Å²) in [5.74, 6) is 0. The van der Waals surface area contributed by atoms with E-state index in [2.05, 4.69) is 5.10 Å². The Labute approximate surface area is 197 Å². The van der Waals surface area contributed by atoms with Gasteiger partial charge in [-0.25, -0.2) is 0 Å². The van der Waals surface area contributed by atoms with Crippen LogP contribution < -0.4 is 0 Å². The van der Waals surface area contributed by atoms with Crippen LogP contribution in [0, 0.1) is 0 Å². The van der Waals surface area contributed by atoms with Crippen molar-refractivity contribution in [2.24, 2.45) is 5.10 Å². The molecule has 3 aromatic rings. The van der Waals surface area contributed by atoms with Crippen LogP contribution in [-0.2, 0) is 15.9 Å². The molecule has 0 bridgehead atoms. The molecule has 0 amide bonds. The number of halogens is 3. The fourth-order valence-electron chi connectivity index (χ4n) is 4.76. The van der Waals surface area contributed by atoms with Crippen LogP contribution in [0.2, 0.25) is 0 Å². The highest BCUT2D eigenvalue weighted by atomic mass is 19.4. The van der Waals surface area contributed by atoms with Gasteiger partial charge in [0.05, 0.1) is 12.3 Å². The van der Waals surface area contributed by atoms with Crippen molar-refractivity contribution < 1.29 is 23.0 Å². The van der Waals surface area contributed by atoms with Crippen LogP contribution >= 0.6 is 0 Å². The number of benzene rings is 3. The Morgan fingerprint density at radius 2 is 1.32 bits per heavy atom. The van der Waals surface area contributed by atoms with Gasteiger partial charge in [-0.15, -0.1) is 0 Å². The molecular formula is C27H27F3N2O2. The van der Waals surface area contributed by atoms with E-state index in [0.717, 1.165) is 17.5 Å². The third kappa shape index (κ3) is 4.21. The number of alkyl halides is 3. The summed E-state index contributed by atoms with van der Waals surface area (Å²) in [7, 11) is 1.61. The Morgan fingerprint density at radius 3 is 1.76 bits per heavy atom. The zero-order chi connectivity index (χ0) is 24.2. The van der Waals surface area contributed by atoms with Crippen molar-refractivity contribution in [3.8, 4) is 0 Å². The van der Waals surface area contributed by atoms with Crippen molar-refractivity contribution in [2.75, 3.05) is 13.7 Å². The quantitative estimate of drug-likeness (QED) is 0.468. The third-order valence-corrected chi connectivity index (χ3v) is 6.46. The molecule has 0 saturated carbocycles. The molecule has 1 fully saturated rings. The van der Waals surface area contributed by atoms with E-state index >= 15 is 0 Å². The first-order valence-corrected chi connectivity index (χ1v) is 11.2. The number of ether oxygens (including phenoxy) is 1. The average Bonchev–Trinajstić information content (AvgIpc) is 3.34. The zero-order valence-corrected chi connectivity index (χ0v) is 18.8. The topological polar surface area (TPSA) is 45.1 Å². The molecule has 178 valence electrons. The monoisotopic (exact) mass is 468 g/mol. The van der Waals surface area contributed by atoms with E-state index in [9.17, 15) is 18.3 Å². The van der Waals surface area contributed by atoms with Gasteiger partial charge in [0.15, 0.2) is 0 Å². The SMILES string of the molecule is COC(c1ccccc1)(c1ccccc1)[C@@H]1CCCN1/N=C/[C@@](O)(c1ccccc1)C(F)(F)F. The van der Waals surface area contributed by atoms with Crippen LogP contribution in [0.1, 0.15) is 29.5 Å². The Bertz CT molecular complexity index is 1050. The van der Waals surface area contributed by atoms with E-state index in [4.69, 9.17) is 4.74 Å². The number of hydrogen-bond donors (Lipinski definition) is 1. The first-order valence-electron chi connectivity index (χ1n) is 11.2. The smallest absolute Gasteiger partial charge is 0.371 e. The first kappa shape index (κ1) is 24.0. The molecule has 0 unspecified atom stereocenters. The van der Waals surface area contributed by atoms with Crippen LogP contribution in [-0.4, -0.2) is 42.2 Å². The maximum Gasteiger partial charge on any atom is 0.426 e. The minimum absolute atomic E-state index is 0.286. The van der Waals surface area contributed by atoms with Crippen molar-refractivity contribution in [1.29, 1.82) is 0 Å². The van der Waals surface area contributed by atoms with Crippen LogP contribution in [0.4, 0.5) is 13.2 Å². The Balaban J connectivity index is 1.78.